The SMILES string of the molecule is Nc1ncc(Cl)c(Oc2ccccc2C(F)(F)F)n1. The summed E-state index contributed by atoms with van der Waals surface area (Å²) in [6.45, 7) is 0. The molecule has 8 heteroatoms. The summed E-state index contributed by atoms with van der Waals surface area (Å²) in [6, 6.07) is 4.72. The van der Waals surface area contributed by atoms with Crippen LogP contribution in [0.5, 0.6) is 11.6 Å². The van der Waals surface area contributed by atoms with Crippen LogP contribution in [0.25, 0.3) is 0 Å². The number of anilines is 1. The van der Waals surface area contributed by atoms with E-state index in [2.05, 4.69) is 9.97 Å². The minimum absolute atomic E-state index is 0.0359. The summed E-state index contributed by atoms with van der Waals surface area (Å²) in [5.74, 6) is -0.787. The van der Waals surface area contributed by atoms with E-state index in [0.717, 1.165) is 18.3 Å². The van der Waals surface area contributed by atoms with Crippen LogP contribution in [0.3, 0.4) is 0 Å². The highest BCUT2D eigenvalue weighted by atomic mass is 35.5. The number of nitrogen functional groups attached to an aromatic ring is 1. The third kappa shape index (κ3) is 3.05. The number of nitrogens with two attached hydrogens (primary N) is 1. The molecule has 1 aromatic carbocycles. The van der Waals surface area contributed by atoms with Gasteiger partial charge in [0.05, 0.1) is 11.8 Å². The molecule has 0 saturated carbocycles. The maximum absolute atomic E-state index is 12.8. The van der Waals surface area contributed by atoms with E-state index in [4.69, 9.17) is 22.1 Å². The first-order valence-corrected chi connectivity index (χ1v) is 5.38. The van der Waals surface area contributed by atoms with Gasteiger partial charge in [-0.2, -0.15) is 18.2 Å². The Morgan fingerprint density at radius 3 is 2.58 bits per heavy atom. The topological polar surface area (TPSA) is 61.0 Å². The number of alkyl halides is 3. The van der Waals surface area contributed by atoms with Crippen molar-refractivity contribution in [1.82, 2.24) is 9.97 Å². The van der Waals surface area contributed by atoms with Crippen LogP contribution in [0.1, 0.15) is 5.56 Å². The normalized spacial score (nSPS) is 11.4. The van der Waals surface area contributed by atoms with Crippen LogP contribution in [0, 0.1) is 0 Å². The van der Waals surface area contributed by atoms with Gasteiger partial charge in [0.15, 0.2) is 0 Å². The van der Waals surface area contributed by atoms with Crippen LogP contribution in [-0.4, -0.2) is 9.97 Å². The van der Waals surface area contributed by atoms with E-state index in [1.54, 1.807) is 0 Å². The lowest BCUT2D eigenvalue weighted by Crippen LogP contribution is -2.07. The lowest BCUT2D eigenvalue weighted by molar-refractivity contribution is -0.138. The van der Waals surface area contributed by atoms with E-state index >= 15 is 0 Å². The molecular formula is C11H7ClF3N3O. The summed E-state index contributed by atoms with van der Waals surface area (Å²) in [5.41, 5.74) is 4.39. The summed E-state index contributed by atoms with van der Waals surface area (Å²) in [6.07, 6.45) is -3.39. The third-order valence-electron chi connectivity index (χ3n) is 2.13. The standard InChI is InChI=1S/C11H7ClF3N3O/c12-7-5-17-10(16)18-9(7)19-8-4-2-1-3-6(8)11(13,14)15/h1-5H,(H2,16,17,18). The van der Waals surface area contributed by atoms with E-state index in [0.29, 0.717) is 0 Å². The second-order valence-electron chi connectivity index (χ2n) is 3.48. The molecule has 0 atom stereocenters. The maximum Gasteiger partial charge on any atom is 0.419 e. The van der Waals surface area contributed by atoms with Gasteiger partial charge in [0.2, 0.25) is 11.8 Å². The molecule has 0 fully saturated rings. The molecule has 4 nitrogen and oxygen atoms in total. The maximum atomic E-state index is 12.8. The monoisotopic (exact) mass is 289 g/mol. The molecule has 0 saturated heterocycles. The van der Waals surface area contributed by atoms with Crippen molar-refractivity contribution < 1.29 is 17.9 Å². The number of para-hydroxylation sites is 1. The van der Waals surface area contributed by atoms with Gasteiger partial charge in [-0.15, -0.1) is 0 Å². The first-order valence-electron chi connectivity index (χ1n) is 5.00. The number of halogens is 4. The molecule has 19 heavy (non-hydrogen) atoms. The van der Waals surface area contributed by atoms with Gasteiger partial charge in [0.1, 0.15) is 10.8 Å². The highest BCUT2D eigenvalue weighted by molar-refractivity contribution is 6.31. The summed E-state index contributed by atoms with van der Waals surface area (Å²) in [5, 5.41) is -0.0359. The largest absolute Gasteiger partial charge is 0.437 e. The smallest absolute Gasteiger partial charge is 0.419 e. The molecule has 0 spiro atoms. The average molecular weight is 290 g/mol. The number of rotatable bonds is 2. The predicted octanol–water partition coefficient (Wildman–Crippen LogP) is 3.52. The van der Waals surface area contributed by atoms with Gasteiger partial charge >= 0.3 is 6.18 Å². The molecule has 0 aliphatic rings. The second-order valence-corrected chi connectivity index (χ2v) is 3.88. The van der Waals surface area contributed by atoms with Crippen LogP contribution < -0.4 is 10.5 Å². The van der Waals surface area contributed by atoms with Gasteiger partial charge in [-0.05, 0) is 12.1 Å². The first kappa shape index (κ1) is 13.4. The highest BCUT2D eigenvalue weighted by Gasteiger charge is 2.34. The fourth-order valence-corrected chi connectivity index (χ4v) is 1.46. The molecule has 0 bridgehead atoms. The van der Waals surface area contributed by atoms with Crippen LogP contribution in [0.2, 0.25) is 5.02 Å². The lowest BCUT2D eigenvalue weighted by atomic mass is 10.2. The zero-order valence-electron chi connectivity index (χ0n) is 9.28. The van der Waals surface area contributed by atoms with Crippen LogP contribution in [0.15, 0.2) is 30.5 Å². The van der Waals surface area contributed by atoms with Crippen molar-refractivity contribution in [3.63, 3.8) is 0 Å². The van der Waals surface area contributed by atoms with E-state index in [1.807, 2.05) is 0 Å². The summed E-state index contributed by atoms with van der Waals surface area (Å²) >= 11 is 5.73. The van der Waals surface area contributed by atoms with E-state index in [9.17, 15) is 13.2 Å². The Labute approximate surface area is 111 Å². The van der Waals surface area contributed by atoms with Crippen molar-refractivity contribution in [3.8, 4) is 11.6 Å². The van der Waals surface area contributed by atoms with E-state index in [-0.39, 0.29) is 16.9 Å². The molecule has 1 heterocycles. The van der Waals surface area contributed by atoms with E-state index in [1.165, 1.54) is 12.1 Å². The Bertz CT molecular complexity index is 604. The first-order chi connectivity index (χ1) is 8.88. The zero-order chi connectivity index (χ0) is 14.0. The molecule has 100 valence electrons. The third-order valence-corrected chi connectivity index (χ3v) is 2.39. The van der Waals surface area contributed by atoms with Crippen LogP contribution in [0.4, 0.5) is 19.1 Å². The van der Waals surface area contributed by atoms with Gasteiger partial charge in [-0.3, -0.25) is 0 Å². The Hall–Kier alpha value is -2.02. The van der Waals surface area contributed by atoms with Gasteiger partial charge in [-0.1, -0.05) is 23.7 Å². The molecule has 1 aromatic heterocycles. The fourth-order valence-electron chi connectivity index (χ4n) is 1.33. The molecule has 0 amide bonds. The molecule has 0 aliphatic carbocycles. The second kappa shape index (κ2) is 4.93. The molecule has 2 rings (SSSR count). The minimum atomic E-state index is -4.54. The number of benzene rings is 1. The van der Waals surface area contributed by atoms with Gasteiger partial charge < -0.3 is 10.5 Å². The van der Waals surface area contributed by atoms with Gasteiger partial charge in [-0.25, -0.2) is 4.98 Å². The molecule has 0 radical (unpaired) electrons. The summed E-state index contributed by atoms with van der Waals surface area (Å²) < 4.78 is 43.3. The number of aromatic nitrogens is 2. The molecular weight excluding hydrogens is 283 g/mol. The van der Waals surface area contributed by atoms with Crippen molar-refractivity contribution in [2.24, 2.45) is 0 Å². The van der Waals surface area contributed by atoms with Crippen molar-refractivity contribution in [1.29, 1.82) is 0 Å². The molecule has 2 aromatic rings. The Morgan fingerprint density at radius 1 is 1.21 bits per heavy atom. The number of ether oxygens (including phenoxy) is 1. The molecule has 0 unspecified atom stereocenters. The number of hydrogen-bond donors (Lipinski definition) is 1. The number of hydrogen-bond acceptors (Lipinski definition) is 4. The predicted molar refractivity (Wildman–Crippen MR) is 63.0 cm³/mol. The Morgan fingerprint density at radius 2 is 1.89 bits per heavy atom. The van der Waals surface area contributed by atoms with Crippen molar-refractivity contribution in [2.45, 2.75) is 6.18 Å². The fraction of sp³-hybridized carbons (Fsp3) is 0.0909. The lowest BCUT2D eigenvalue weighted by Gasteiger charge is -2.13. The summed E-state index contributed by atoms with van der Waals surface area (Å²) in [7, 11) is 0. The van der Waals surface area contributed by atoms with Crippen LogP contribution in [-0.2, 0) is 6.18 Å². The molecule has 0 aliphatic heterocycles. The van der Waals surface area contributed by atoms with Crippen LogP contribution >= 0.6 is 11.6 Å². The Balaban J connectivity index is 2.41. The van der Waals surface area contributed by atoms with Gasteiger partial charge in [0.25, 0.3) is 0 Å². The van der Waals surface area contributed by atoms with Crippen molar-refractivity contribution >= 4 is 17.5 Å². The summed E-state index contributed by atoms with van der Waals surface area (Å²) in [4.78, 5) is 7.22. The van der Waals surface area contributed by atoms with E-state index < -0.39 is 17.5 Å². The Kier molecular flexibility index (Phi) is 3.48. The molecule has 2 N–H and O–H groups in total. The number of nitrogens with zero attached hydrogens (tertiary/aromatic N) is 2. The minimum Gasteiger partial charge on any atom is -0.437 e. The van der Waals surface area contributed by atoms with Crippen molar-refractivity contribution in [2.75, 3.05) is 5.73 Å². The van der Waals surface area contributed by atoms with Gasteiger partial charge in [0, 0.05) is 0 Å². The zero-order valence-corrected chi connectivity index (χ0v) is 10.0. The quantitative estimate of drug-likeness (QED) is 0.919. The highest BCUT2D eigenvalue weighted by Crippen LogP contribution is 2.38. The van der Waals surface area contributed by atoms with Crippen molar-refractivity contribution in [3.05, 3.63) is 41.0 Å². The average Bonchev–Trinajstić information content (AvgIpc) is 2.33.